The Morgan fingerprint density at radius 1 is 1.38 bits per heavy atom. The van der Waals surface area contributed by atoms with E-state index in [1.807, 2.05) is 27.8 Å². The van der Waals surface area contributed by atoms with Crippen LogP contribution in [0.4, 0.5) is 0 Å². The third-order valence-electron chi connectivity index (χ3n) is 2.75. The van der Waals surface area contributed by atoms with E-state index in [1.165, 1.54) is 0 Å². The van der Waals surface area contributed by atoms with Crippen molar-refractivity contribution < 1.29 is 9.90 Å². The normalized spacial score (nSPS) is 16.5. The summed E-state index contributed by atoms with van der Waals surface area (Å²) in [6, 6.07) is 0. The van der Waals surface area contributed by atoms with E-state index < -0.39 is 5.97 Å². The van der Waals surface area contributed by atoms with Gasteiger partial charge in [0.1, 0.15) is 0 Å². The summed E-state index contributed by atoms with van der Waals surface area (Å²) in [6.45, 7) is 7.30. The SMILES string of the molecule is CN1Cc2nn(C(C)(C)C)c(C(=O)O)c2C1. The topological polar surface area (TPSA) is 58.4 Å². The van der Waals surface area contributed by atoms with Gasteiger partial charge >= 0.3 is 5.97 Å². The third-order valence-corrected chi connectivity index (χ3v) is 2.75. The molecule has 0 atom stereocenters. The van der Waals surface area contributed by atoms with Crippen molar-refractivity contribution in [3.05, 3.63) is 17.0 Å². The second-order valence-electron chi connectivity index (χ2n) is 5.33. The Morgan fingerprint density at radius 3 is 2.50 bits per heavy atom. The number of aromatic nitrogens is 2. The number of aromatic carboxylic acids is 1. The molecule has 1 aliphatic rings. The highest BCUT2D eigenvalue weighted by molar-refractivity contribution is 5.88. The molecule has 0 amide bonds. The van der Waals surface area contributed by atoms with Gasteiger partial charge in [-0.15, -0.1) is 0 Å². The van der Waals surface area contributed by atoms with Gasteiger partial charge in [-0.1, -0.05) is 0 Å². The number of carboxylic acids is 1. The Balaban J connectivity index is 2.58. The lowest BCUT2D eigenvalue weighted by atomic mass is 10.1. The number of fused-ring (bicyclic) bond motifs is 1. The number of hydrogen-bond donors (Lipinski definition) is 1. The Labute approximate surface area is 94.7 Å². The molecular formula is C11H17N3O2. The molecule has 5 nitrogen and oxygen atoms in total. The number of hydrogen-bond acceptors (Lipinski definition) is 3. The Bertz CT molecular complexity index is 443. The first-order chi connectivity index (χ1) is 7.30. The van der Waals surface area contributed by atoms with Crippen LogP contribution in [0.5, 0.6) is 0 Å². The van der Waals surface area contributed by atoms with E-state index >= 15 is 0 Å². The fourth-order valence-electron chi connectivity index (χ4n) is 2.08. The van der Waals surface area contributed by atoms with Crippen molar-refractivity contribution in [3.8, 4) is 0 Å². The molecule has 0 unspecified atom stereocenters. The van der Waals surface area contributed by atoms with Crippen molar-refractivity contribution >= 4 is 5.97 Å². The predicted molar refractivity (Wildman–Crippen MR) is 59.4 cm³/mol. The van der Waals surface area contributed by atoms with Gasteiger partial charge in [-0.3, -0.25) is 9.58 Å². The van der Waals surface area contributed by atoms with Crippen LogP contribution in [0.15, 0.2) is 0 Å². The van der Waals surface area contributed by atoms with Gasteiger partial charge in [0.15, 0.2) is 5.69 Å². The lowest BCUT2D eigenvalue weighted by Gasteiger charge is -2.22. The van der Waals surface area contributed by atoms with Crippen molar-refractivity contribution in [1.29, 1.82) is 0 Å². The van der Waals surface area contributed by atoms with Crippen LogP contribution in [-0.2, 0) is 18.6 Å². The summed E-state index contributed by atoms with van der Waals surface area (Å²) >= 11 is 0. The van der Waals surface area contributed by atoms with Crippen molar-refractivity contribution in [2.24, 2.45) is 0 Å². The summed E-state index contributed by atoms with van der Waals surface area (Å²) in [6.07, 6.45) is 0. The van der Waals surface area contributed by atoms with E-state index in [0.29, 0.717) is 12.2 Å². The number of carbonyl (C=O) groups is 1. The molecule has 0 spiro atoms. The zero-order valence-corrected chi connectivity index (χ0v) is 10.1. The van der Waals surface area contributed by atoms with Crippen LogP contribution in [0.1, 0.15) is 42.5 Å². The van der Waals surface area contributed by atoms with Crippen LogP contribution in [-0.4, -0.2) is 32.8 Å². The van der Waals surface area contributed by atoms with Crippen LogP contribution in [0.2, 0.25) is 0 Å². The van der Waals surface area contributed by atoms with Gasteiger partial charge in [0.2, 0.25) is 0 Å². The molecular weight excluding hydrogens is 206 g/mol. The van der Waals surface area contributed by atoms with Crippen molar-refractivity contribution in [2.45, 2.75) is 39.4 Å². The zero-order chi connectivity index (χ0) is 12.1. The quantitative estimate of drug-likeness (QED) is 0.779. The van der Waals surface area contributed by atoms with Crippen LogP contribution < -0.4 is 0 Å². The molecule has 0 aromatic carbocycles. The molecule has 16 heavy (non-hydrogen) atoms. The summed E-state index contributed by atoms with van der Waals surface area (Å²) in [5, 5.41) is 13.7. The second kappa shape index (κ2) is 3.31. The van der Waals surface area contributed by atoms with Gasteiger partial charge in [-0.25, -0.2) is 4.79 Å². The Hall–Kier alpha value is -1.36. The highest BCUT2D eigenvalue weighted by Gasteiger charge is 2.32. The largest absolute Gasteiger partial charge is 0.477 e. The van der Waals surface area contributed by atoms with Gasteiger partial charge in [0, 0.05) is 18.7 Å². The molecule has 0 saturated heterocycles. The number of carboxylic acid groups (broad SMARTS) is 1. The van der Waals surface area contributed by atoms with Crippen LogP contribution in [0, 0.1) is 0 Å². The Morgan fingerprint density at radius 2 is 2.00 bits per heavy atom. The van der Waals surface area contributed by atoms with Gasteiger partial charge in [-0.2, -0.15) is 5.10 Å². The average molecular weight is 223 g/mol. The lowest BCUT2D eigenvalue weighted by Crippen LogP contribution is -2.28. The monoisotopic (exact) mass is 223 g/mol. The minimum Gasteiger partial charge on any atom is -0.477 e. The Kier molecular flexibility index (Phi) is 2.31. The molecule has 1 aliphatic heterocycles. The minimum absolute atomic E-state index is 0.295. The van der Waals surface area contributed by atoms with E-state index in [0.717, 1.165) is 17.8 Å². The molecule has 0 saturated carbocycles. The molecule has 1 aromatic heterocycles. The summed E-state index contributed by atoms with van der Waals surface area (Å²) in [7, 11) is 1.97. The predicted octanol–water partition coefficient (Wildman–Crippen LogP) is 1.28. The van der Waals surface area contributed by atoms with E-state index in [9.17, 15) is 9.90 Å². The third kappa shape index (κ3) is 1.61. The maximum absolute atomic E-state index is 11.3. The first-order valence-electron chi connectivity index (χ1n) is 5.34. The van der Waals surface area contributed by atoms with Crippen molar-refractivity contribution in [2.75, 3.05) is 7.05 Å². The minimum atomic E-state index is -0.890. The molecule has 5 heteroatoms. The van der Waals surface area contributed by atoms with Crippen molar-refractivity contribution in [3.63, 3.8) is 0 Å². The van der Waals surface area contributed by atoms with Crippen LogP contribution >= 0.6 is 0 Å². The fourth-order valence-corrected chi connectivity index (χ4v) is 2.08. The molecule has 0 bridgehead atoms. The lowest BCUT2D eigenvalue weighted by molar-refractivity contribution is 0.0672. The number of nitrogens with zero attached hydrogens (tertiary/aromatic N) is 3. The molecule has 1 aromatic rings. The van der Waals surface area contributed by atoms with Crippen LogP contribution in [0.3, 0.4) is 0 Å². The van der Waals surface area contributed by atoms with E-state index in [1.54, 1.807) is 4.68 Å². The van der Waals surface area contributed by atoms with Crippen molar-refractivity contribution in [1.82, 2.24) is 14.7 Å². The first-order valence-corrected chi connectivity index (χ1v) is 5.34. The molecule has 88 valence electrons. The zero-order valence-electron chi connectivity index (χ0n) is 10.1. The molecule has 1 N–H and O–H groups in total. The summed E-state index contributed by atoms with van der Waals surface area (Å²) in [5.41, 5.74) is 1.81. The molecule has 2 heterocycles. The van der Waals surface area contributed by atoms with Gasteiger partial charge < -0.3 is 5.11 Å². The second-order valence-corrected chi connectivity index (χ2v) is 5.33. The first kappa shape index (κ1) is 11.1. The van der Waals surface area contributed by atoms with Gasteiger partial charge in [0.25, 0.3) is 0 Å². The highest BCUT2D eigenvalue weighted by Crippen LogP contribution is 2.28. The van der Waals surface area contributed by atoms with Gasteiger partial charge in [-0.05, 0) is 27.8 Å². The van der Waals surface area contributed by atoms with Crippen LogP contribution in [0.25, 0.3) is 0 Å². The fraction of sp³-hybridized carbons (Fsp3) is 0.636. The number of rotatable bonds is 1. The van der Waals surface area contributed by atoms with E-state index in [-0.39, 0.29) is 5.54 Å². The molecule has 2 rings (SSSR count). The van der Waals surface area contributed by atoms with Gasteiger partial charge in [0.05, 0.1) is 11.2 Å². The standard InChI is InChI=1S/C11H17N3O2/c1-11(2,3)14-9(10(15)16)7-5-13(4)6-8(7)12-14/h5-6H2,1-4H3,(H,15,16). The molecule has 0 fully saturated rings. The molecule has 0 radical (unpaired) electrons. The maximum atomic E-state index is 11.3. The summed E-state index contributed by atoms with van der Waals surface area (Å²) in [4.78, 5) is 13.4. The van der Waals surface area contributed by atoms with E-state index in [2.05, 4.69) is 10.00 Å². The highest BCUT2D eigenvalue weighted by atomic mass is 16.4. The maximum Gasteiger partial charge on any atom is 0.354 e. The smallest absolute Gasteiger partial charge is 0.354 e. The molecule has 0 aliphatic carbocycles. The van der Waals surface area contributed by atoms with E-state index in [4.69, 9.17) is 0 Å². The summed E-state index contributed by atoms with van der Waals surface area (Å²) < 4.78 is 1.63. The average Bonchev–Trinajstić information content (AvgIpc) is 2.56. The summed E-state index contributed by atoms with van der Waals surface area (Å²) in [5.74, 6) is -0.890.